The van der Waals surface area contributed by atoms with Crippen molar-refractivity contribution in [1.82, 2.24) is 0 Å². The van der Waals surface area contributed by atoms with Crippen molar-refractivity contribution in [2.24, 2.45) is 0 Å². The highest BCUT2D eigenvalue weighted by atomic mass is 19.3. The van der Waals surface area contributed by atoms with Gasteiger partial charge in [-0.3, -0.25) is 9.59 Å². The molecule has 2 aromatic carbocycles. The van der Waals surface area contributed by atoms with Gasteiger partial charge in [-0.25, -0.2) is 4.39 Å². The molecular weight excluding hydrogens is 353 g/mol. The lowest BCUT2D eigenvalue weighted by Gasteiger charge is -2.15. The van der Waals surface area contributed by atoms with Gasteiger partial charge in [0.15, 0.2) is 11.5 Å². The maximum Gasteiger partial charge on any atom is 0.387 e. The molecule has 0 aromatic heterocycles. The Morgan fingerprint density at radius 1 is 1.12 bits per heavy atom. The molecule has 2 N–H and O–H groups in total. The number of hydrogen-bond acceptors (Lipinski definition) is 4. The first kappa shape index (κ1) is 19.1. The van der Waals surface area contributed by atoms with Crippen LogP contribution in [0.15, 0.2) is 36.4 Å². The van der Waals surface area contributed by atoms with Gasteiger partial charge in [0, 0.05) is 12.6 Å². The van der Waals surface area contributed by atoms with Crippen LogP contribution in [0.3, 0.4) is 0 Å². The predicted octanol–water partition coefficient (Wildman–Crippen LogP) is 3.65. The van der Waals surface area contributed by atoms with Crippen molar-refractivity contribution in [1.29, 1.82) is 0 Å². The molecule has 26 heavy (non-hydrogen) atoms. The second-order valence-electron chi connectivity index (χ2n) is 5.05. The third-order valence-electron chi connectivity index (χ3n) is 3.19. The van der Waals surface area contributed by atoms with Crippen molar-refractivity contribution >= 4 is 23.2 Å². The predicted molar refractivity (Wildman–Crippen MR) is 88.3 cm³/mol. The number of methoxy groups -OCH3 is 1. The highest BCUT2D eigenvalue weighted by Gasteiger charge is 2.21. The van der Waals surface area contributed by atoms with E-state index < -0.39 is 24.1 Å². The molecule has 2 aromatic rings. The van der Waals surface area contributed by atoms with Crippen LogP contribution in [-0.2, 0) is 4.79 Å². The van der Waals surface area contributed by atoms with Crippen LogP contribution in [0.1, 0.15) is 17.3 Å². The Morgan fingerprint density at radius 3 is 2.46 bits per heavy atom. The summed E-state index contributed by atoms with van der Waals surface area (Å²) in [5.41, 5.74) is -0.259. The molecule has 0 bridgehead atoms. The summed E-state index contributed by atoms with van der Waals surface area (Å²) in [4.78, 5) is 23.5. The van der Waals surface area contributed by atoms with Crippen LogP contribution in [0, 0.1) is 5.82 Å². The van der Waals surface area contributed by atoms with Gasteiger partial charge in [0.1, 0.15) is 5.82 Å². The molecule has 0 aliphatic heterocycles. The number of nitrogens with one attached hydrogen (secondary N) is 2. The minimum atomic E-state index is -3.18. The first-order valence-corrected chi connectivity index (χ1v) is 7.32. The molecule has 0 radical (unpaired) electrons. The van der Waals surface area contributed by atoms with Crippen LogP contribution >= 0.6 is 0 Å². The Morgan fingerprint density at radius 2 is 1.85 bits per heavy atom. The number of carbonyl (C=O) groups excluding carboxylic acids is 2. The quantitative estimate of drug-likeness (QED) is 0.816. The normalized spacial score (nSPS) is 10.4. The molecule has 6 nitrogen and oxygen atoms in total. The lowest BCUT2D eigenvalue weighted by molar-refractivity contribution is -0.114. The molecule has 0 atom stereocenters. The van der Waals surface area contributed by atoms with E-state index in [9.17, 15) is 22.8 Å². The van der Waals surface area contributed by atoms with Gasteiger partial charge in [0.2, 0.25) is 5.91 Å². The smallest absolute Gasteiger partial charge is 0.387 e. The van der Waals surface area contributed by atoms with Crippen LogP contribution in [0.2, 0.25) is 0 Å². The number of ether oxygens (including phenoxy) is 2. The summed E-state index contributed by atoms with van der Waals surface area (Å²) in [7, 11) is 1.23. The number of alkyl halides is 2. The van der Waals surface area contributed by atoms with E-state index >= 15 is 0 Å². The molecule has 0 saturated heterocycles. The van der Waals surface area contributed by atoms with E-state index in [1.165, 1.54) is 44.4 Å². The third-order valence-corrected chi connectivity index (χ3v) is 3.19. The van der Waals surface area contributed by atoms with Crippen LogP contribution in [-0.4, -0.2) is 25.5 Å². The van der Waals surface area contributed by atoms with Gasteiger partial charge in [0.05, 0.1) is 18.4 Å². The van der Waals surface area contributed by atoms with Crippen molar-refractivity contribution in [3.63, 3.8) is 0 Å². The number of hydrogen-bond donors (Lipinski definition) is 2. The second-order valence-corrected chi connectivity index (χ2v) is 5.05. The van der Waals surface area contributed by atoms with Crippen LogP contribution < -0.4 is 20.1 Å². The number of rotatable bonds is 6. The van der Waals surface area contributed by atoms with Gasteiger partial charge < -0.3 is 20.1 Å². The van der Waals surface area contributed by atoms with Gasteiger partial charge in [-0.05, 0) is 30.3 Å². The van der Waals surface area contributed by atoms with Gasteiger partial charge >= 0.3 is 6.61 Å². The van der Waals surface area contributed by atoms with E-state index in [1.807, 2.05) is 0 Å². The highest BCUT2D eigenvalue weighted by Crippen LogP contribution is 2.33. The van der Waals surface area contributed by atoms with E-state index in [4.69, 9.17) is 4.74 Å². The average molecular weight is 368 g/mol. The molecule has 9 heteroatoms. The largest absolute Gasteiger partial charge is 0.493 e. The highest BCUT2D eigenvalue weighted by molar-refractivity contribution is 6.07. The minimum absolute atomic E-state index is 0.0783. The van der Waals surface area contributed by atoms with Gasteiger partial charge in [-0.2, -0.15) is 8.78 Å². The van der Waals surface area contributed by atoms with Gasteiger partial charge in [-0.1, -0.05) is 6.07 Å². The average Bonchev–Trinajstić information content (AvgIpc) is 2.57. The van der Waals surface area contributed by atoms with Crippen molar-refractivity contribution in [2.45, 2.75) is 13.5 Å². The molecule has 0 aliphatic carbocycles. The first-order valence-electron chi connectivity index (χ1n) is 7.32. The summed E-state index contributed by atoms with van der Waals surface area (Å²) in [6, 6.07) is 7.52. The van der Waals surface area contributed by atoms with Crippen LogP contribution in [0.4, 0.5) is 24.5 Å². The molecule has 0 fully saturated rings. The molecule has 2 rings (SSSR count). The van der Waals surface area contributed by atoms with E-state index in [0.717, 1.165) is 6.07 Å². The molecule has 0 saturated carbocycles. The third kappa shape index (κ3) is 4.65. The Labute approximate surface area is 146 Å². The maximum absolute atomic E-state index is 13.9. The van der Waals surface area contributed by atoms with Gasteiger partial charge in [0.25, 0.3) is 5.91 Å². The fraction of sp³-hybridized carbons (Fsp3) is 0.176. The monoisotopic (exact) mass is 368 g/mol. The zero-order valence-corrected chi connectivity index (χ0v) is 13.8. The molecule has 0 unspecified atom stereocenters. The number of benzene rings is 2. The second kappa shape index (κ2) is 8.24. The molecule has 138 valence electrons. The Kier molecular flexibility index (Phi) is 6.05. The molecule has 0 aliphatic rings. The summed E-state index contributed by atoms with van der Waals surface area (Å²) in [6.45, 7) is -1.91. The summed E-state index contributed by atoms with van der Waals surface area (Å²) in [6.07, 6.45) is 0. The number of para-hydroxylation sites is 1. The molecule has 2 amide bonds. The van der Waals surface area contributed by atoms with E-state index in [-0.39, 0.29) is 28.6 Å². The van der Waals surface area contributed by atoms with E-state index in [1.54, 1.807) is 0 Å². The van der Waals surface area contributed by atoms with Crippen molar-refractivity contribution in [3.8, 4) is 11.5 Å². The summed E-state index contributed by atoms with van der Waals surface area (Å²) < 4.78 is 48.5. The Hall–Kier alpha value is -3.23. The van der Waals surface area contributed by atoms with Gasteiger partial charge in [-0.15, -0.1) is 0 Å². The fourth-order valence-electron chi connectivity index (χ4n) is 2.16. The van der Waals surface area contributed by atoms with Crippen molar-refractivity contribution < 1.29 is 32.2 Å². The zero-order chi connectivity index (χ0) is 19.3. The lowest BCUT2D eigenvalue weighted by Crippen LogP contribution is -2.16. The first-order chi connectivity index (χ1) is 12.3. The zero-order valence-electron chi connectivity index (χ0n) is 13.8. The lowest BCUT2D eigenvalue weighted by atomic mass is 10.1. The SMILES string of the molecule is COc1cccc(C(=O)Nc2cc(NC(C)=O)ccc2F)c1OC(F)F. The summed E-state index contributed by atoms with van der Waals surface area (Å²) in [5, 5.41) is 4.70. The fourth-order valence-corrected chi connectivity index (χ4v) is 2.16. The van der Waals surface area contributed by atoms with Crippen molar-refractivity contribution in [3.05, 3.63) is 47.8 Å². The van der Waals surface area contributed by atoms with Crippen molar-refractivity contribution in [2.75, 3.05) is 17.7 Å². The number of carbonyl (C=O) groups is 2. The van der Waals surface area contributed by atoms with E-state index in [2.05, 4.69) is 15.4 Å². The molecular formula is C17H15F3N2O4. The Bertz CT molecular complexity index is 828. The minimum Gasteiger partial charge on any atom is -0.493 e. The maximum atomic E-state index is 13.9. The number of amides is 2. The molecule has 0 spiro atoms. The van der Waals surface area contributed by atoms with E-state index in [0.29, 0.717) is 0 Å². The number of halogens is 3. The summed E-state index contributed by atoms with van der Waals surface area (Å²) >= 11 is 0. The summed E-state index contributed by atoms with van der Waals surface area (Å²) in [5.74, 6) is -2.59. The topological polar surface area (TPSA) is 76.7 Å². The molecule has 0 heterocycles. The van der Waals surface area contributed by atoms with Crippen LogP contribution in [0.25, 0.3) is 0 Å². The number of anilines is 2. The van der Waals surface area contributed by atoms with Crippen LogP contribution in [0.5, 0.6) is 11.5 Å². The Balaban J connectivity index is 2.34. The standard InChI is InChI=1S/C17H15F3N2O4/c1-9(23)21-10-6-7-12(18)13(8-10)22-16(24)11-4-3-5-14(25-2)15(11)26-17(19)20/h3-8,17H,1-2H3,(H,21,23)(H,22,24).